The van der Waals surface area contributed by atoms with Crippen LogP contribution in [0.15, 0.2) is 18.2 Å². The number of nitrogens with two attached hydrogens (primary N) is 1. The number of anilines is 1. The van der Waals surface area contributed by atoms with E-state index >= 15 is 0 Å². The number of benzene rings is 1. The smallest absolute Gasteiger partial charge is 0.181 e. The van der Waals surface area contributed by atoms with Crippen molar-refractivity contribution in [3.05, 3.63) is 23.8 Å². The van der Waals surface area contributed by atoms with Crippen molar-refractivity contribution in [2.24, 2.45) is 5.41 Å². The van der Waals surface area contributed by atoms with E-state index in [1.54, 1.807) is 0 Å². The summed E-state index contributed by atoms with van der Waals surface area (Å²) >= 11 is 1.48. The zero-order valence-electron chi connectivity index (χ0n) is 9.14. The highest BCUT2D eigenvalue weighted by molar-refractivity contribution is 7.22. The molecule has 0 amide bonds. The second-order valence-electron chi connectivity index (χ2n) is 4.42. The average Bonchev–Trinajstić information content (AvgIpc) is 2.63. The normalized spacial score (nSPS) is 17.6. The first-order valence-corrected chi connectivity index (χ1v) is 6.16. The summed E-state index contributed by atoms with van der Waals surface area (Å²) in [7, 11) is 0. The molecule has 4 nitrogen and oxygen atoms in total. The van der Waals surface area contributed by atoms with Crippen LogP contribution in [0.25, 0.3) is 10.2 Å². The zero-order chi connectivity index (χ0) is 11.9. The minimum Gasteiger partial charge on any atom is -0.378 e. The Morgan fingerprint density at radius 1 is 1.53 bits per heavy atom. The van der Waals surface area contributed by atoms with Crippen LogP contribution in [-0.4, -0.2) is 18.2 Å². The van der Waals surface area contributed by atoms with Crippen molar-refractivity contribution < 1.29 is 4.74 Å². The Kier molecular flexibility index (Phi) is 2.28. The molecular weight excluding hydrogens is 234 g/mol. The van der Waals surface area contributed by atoms with Gasteiger partial charge in [-0.15, -0.1) is 0 Å². The lowest BCUT2D eigenvalue weighted by molar-refractivity contribution is -0.0765. The number of hydrogen-bond donors (Lipinski definition) is 1. The van der Waals surface area contributed by atoms with Crippen LogP contribution < -0.4 is 5.73 Å². The Bertz CT molecular complexity index is 610. The van der Waals surface area contributed by atoms with Crippen LogP contribution in [0, 0.1) is 16.7 Å². The van der Waals surface area contributed by atoms with E-state index < -0.39 is 0 Å². The minimum atomic E-state index is -0.329. The Morgan fingerprint density at radius 2 is 2.35 bits per heavy atom. The largest absolute Gasteiger partial charge is 0.378 e. The van der Waals surface area contributed by atoms with Crippen LogP contribution in [0.2, 0.25) is 0 Å². The zero-order valence-corrected chi connectivity index (χ0v) is 9.96. The Labute approximate surface area is 103 Å². The summed E-state index contributed by atoms with van der Waals surface area (Å²) in [6.45, 7) is 1.07. The molecular formula is C12H11N3OS. The van der Waals surface area contributed by atoms with Crippen LogP contribution in [0.5, 0.6) is 0 Å². The van der Waals surface area contributed by atoms with Crippen molar-refractivity contribution in [2.75, 3.05) is 18.9 Å². The number of nitriles is 1. The Hall–Kier alpha value is -1.64. The van der Waals surface area contributed by atoms with Crippen LogP contribution in [0.3, 0.4) is 0 Å². The third kappa shape index (κ3) is 1.75. The van der Waals surface area contributed by atoms with Gasteiger partial charge in [0.25, 0.3) is 0 Å². The van der Waals surface area contributed by atoms with Crippen LogP contribution in [-0.2, 0) is 11.2 Å². The lowest BCUT2D eigenvalue weighted by Crippen LogP contribution is -2.43. The Balaban J connectivity index is 1.93. The number of ether oxygens (including phenoxy) is 1. The molecule has 5 heteroatoms. The van der Waals surface area contributed by atoms with Crippen molar-refractivity contribution in [2.45, 2.75) is 6.42 Å². The summed E-state index contributed by atoms with van der Waals surface area (Å²) in [5.74, 6) is 0. The molecule has 1 aromatic heterocycles. The van der Waals surface area contributed by atoms with Gasteiger partial charge in [-0.25, -0.2) is 4.98 Å². The van der Waals surface area contributed by atoms with E-state index in [0.717, 1.165) is 22.2 Å². The van der Waals surface area contributed by atoms with E-state index in [-0.39, 0.29) is 5.41 Å². The summed E-state index contributed by atoms with van der Waals surface area (Å²) in [4.78, 5) is 4.21. The van der Waals surface area contributed by atoms with Gasteiger partial charge < -0.3 is 10.5 Å². The molecule has 86 valence electrons. The van der Waals surface area contributed by atoms with E-state index in [1.165, 1.54) is 11.3 Å². The molecule has 2 aromatic rings. The standard InChI is InChI=1S/C12H11N3OS/c13-5-12(6-16-7-12)4-8-1-2-9-10(3-8)17-11(14)15-9/h1-3H,4,6-7H2,(H2,14,15). The number of aromatic nitrogens is 1. The summed E-state index contributed by atoms with van der Waals surface area (Å²) in [6.07, 6.45) is 0.733. The van der Waals surface area contributed by atoms with Gasteiger partial charge in [0.1, 0.15) is 5.41 Å². The molecule has 0 aliphatic carbocycles. The van der Waals surface area contributed by atoms with Crippen molar-refractivity contribution >= 4 is 26.7 Å². The molecule has 2 heterocycles. The second-order valence-corrected chi connectivity index (χ2v) is 5.48. The van der Waals surface area contributed by atoms with E-state index in [2.05, 4.69) is 17.1 Å². The number of fused-ring (bicyclic) bond motifs is 1. The van der Waals surface area contributed by atoms with Crippen molar-refractivity contribution in [1.82, 2.24) is 4.98 Å². The van der Waals surface area contributed by atoms with Gasteiger partial charge in [0.05, 0.1) is 29.5 Å². The third-order valence-electron chi connectivity index (χ3n) is 3.01. The molecule has 0 atom stereocenters. The third-order valence-corrected chi connectivity index (χ3v) is 3.85. The molecule has 1 fully saturated rings. The molecule has 1 aliphatic rings. The molecule has 1 aromatic carbocycles. The lowest BCUT2D eigenvalue weighted by atomic mass is 9.81. The topological polar surface area (TPSA) is 71.9 Å². The fourth-order valence-electron chi connectivity index (χ4n) is 2.04. The predicted molar refractivity (Wildman–Crippen MR) is 66.6 cm³/mol. The van der Waals surface area contributed by atoms with Gasteiger partial charge in [0, 0.05) is 0 Å². The van der Waals surface area contributed by atoms with Crippen LogP contribution in [0.1, 0.15) is 5.56 Å². The van der Waals surface area contributed by atoms with Crippen molar-refractivity contribution in [1.29, 1.82) is 5.26 Å². The highest BCUT2D eigenvalue weighted by Gasteiger charge is 2.38. The van der Waals surface area contributed by atoms with E-state index in [9.17, 15) is 0 Å². The number of thiazole rings is 1. The fraction of sp³-hybridized carbons (Fsp3) is 0.333. The van der Waals surface area contributed by atoms with Gasteiger partial charge >= 0.3 is 0 Å². The van der Waals surface area contributed by atoms with Gasteiger partial charge in [-0.2, -0.15) is 5.26 Å². The molecule has 0 saturated carbocycles. The van der Waals surface area contributed by atoms with Crippen molar-refractivity contribution in [3.63, 3.8) is 0 Å². The summed E-state index contributed by atoms with van der Waals surface area (Å²) in [5.41, 5.74) is 7.40. The fourth-order valence-corrected chi connectivity index (χ4v) is 2.84. The number of nitrogens with zero attached hydrogens (tertiary/aromatic N) is 2. The van der Waals surface area contributed by atoms with Gasteiger partial charge in [0.2, 0.25) is 0 Å². The predicted octanol–water partition coefficient (Wildman–Crippen LogP) is 1.96. The van der Waals surface area contributed by atoms with Gasteiger partial charge in [-0.1, -0.05) is 17.4 Å². The average molecular weight is 245 g/mol. The maximum absolute atomic E-state index is 9.16. The molecule has 0 radical (unpaired) electrons. The number of hydrogen-bond acceptors (Lipinski definition) is 5. The van der Waals surface area contributed by atoms with Crippen LogP contribution in [0.4, 0.5) is 5.13 Å². The molecule has 1 aliphatic heterocycles. The number of nitrogen functional groups attached to an aromatic ring is 1. The van der Waals surface area contributed by atoms with Crippen molar-refractivity contribution in [3.8, 4) is 6.07 Å². The van der Waals surface area contributed by atoms with E-state index in [0.29, 0.717) is 18.3 Å². The quantitative estimate of drug-likeness (QED) is 0.877. The molecule has 17 heavy (non-hydrogen) atoms. The summed E-state index contributed by atoms with van der Waals surface area (Å²) < 4.78 is 6.22. The molecule has 1 saturated heterocycles. The molecule has 0 bridgehead atoms. The van der Waals surface area contributed by atoms with E-state index in [1.807, 2.05) is 12.1 Å². The second kappa shape index (κ2) is 3.69. The lowest BCUT2D eigenvalue weighted by Gasteiger charge is -2.35. The minimum absolute atomic E-state index is 0.329. The van der Waals surface area contributed by atoms with Gasteiger partial charge in [-0.05, 0) is 24.1 Å². The first-order chi connectivity index (χ1) is 8.21. The first-order valence-electron chi connectivity index (χ1n) is 5.35. The monoisotopic (exact) mass is 245 g/mol. The first kappa shape index (κ1) is 10.5. The molecule has 0 unspecified atom stereocenters. The Morgan fingerprint density at radius 3 is 3.00 bits per heavy atom. The van der Waals surface area contributed by atoms with Gasteiger partial charge in [0.15, 0.2) is 5.13 Å². The molecule has 0 spiro atoms. The maximum atomic E-state index is 9.16. The van der Waals surface area contributed by atoms with Gasteiger partial charge in [-0.3, -0.25) is 0 Å². The highest BCUT2D eigenvalue weighted by Crippen LogP contribution is 2.32. The molecule has 3 rings (SSSR count). The molecule has 2 N–H and O–H groups in total. The van der Waals surface area contributed by atoms with E-state index in [4.69, 9.17) is 15.7 Å². The van der Waals surface area contributed by atoms with Crippen LogP contribution >= 0.6 is 11.3 Å². The maximum Gasteiger partial charge on any atom is 0.181 e. The number of rotatable bonds is 2. The highest BCUT2D eigenvalue weighted by atomic mass is 32.1. The summed E-state index contributed by atoms with van der Waals surface area (Å²) in [6, 6.07) is 8.40. The SMILES string of the molecule is N#CC1(Cc2ccc3nc(N)sc3c2)COC1. The summed E-state index contributed by atoms with van der Waals surface area (Å²) in [5, 5.41) is 9.74.